The molecule has 0 aliphatic rings. The Morgan fingerprint density at radius 3 is 2.53 bits per heavy atom. The van der Waals surface area contributed by atoms with E-state index >= 15 is 0 Å². The van der Waals surface area contributed by atoms with Crippen LogP contribution in [-0.4, -0.2) is 36.2 Å². The summed E-state index contributed by atoms with van der Waals surface area (Å²) in [5.74, 6) is 0.0183. The zero-order chi connectivity index (χ0) is 13.1. The highest BCUT2D eigenvalue weighted by Crippen LogP contribution is 1.95. The van der Waals surface area contributed by atoms with Crippen LogP contribution in [0.25, 0.3) is 0 Å². The Hall–Kier alpha value is -0.610. The van der Waals surface area contributed by atoms with Crippen LogP contribution >= 0.6 is 0 Å². The molecule has 0 bridgehead atoms. The van der Waals surface area contributed by atoms with E-state index in [9.17, 15) is 9.90 Å². The van der Waals surface area contributed by atoms with Gasteiger partial charge in [-0.3, -0.25) is 4.79 Å². The van der Waals surface area contributed by atoms with E-state index in [4.69, 9.17) is 0 Å². The Morgan fingerprint density at radius 2 is 1.94 bits per heavy atom. The zero-order valence-electron chi connectivity index (χ0n) is 11.5. The fraction of sp³-hybridized carbons (Fsp3) is 0.923. The molecule has 17 heavy (non-hydrogen) atoms. The summed E-state index contributed by atoms with van der Waals surface area (Å²) in [5.41, 5.74) is 0. The monoisotopic (exact) mass is 244 g/mol. The summed E-state index contributed by atoms with van der Waals surface area (Å²) in [4.78, 5) is 11.6. The molecule has 0 rings (SSSR count). The molecule has 0 aliphatic heterocycles. The quantitative estimate of drug-likeness (QED) is 0.510. The zero-order valence-corrected chi connectivity index (χ0v) is 11.5. The van der Waals surface area contributed by atoms with Crippen molar-refractivity contribution in [3.05, 3.63) is 0 Å². The van der Waals surface area contributed by atoms with E-state index in [2.05, 4.69) is 17.6 Å². The van der Waals surface area contributed by atoms with Gasteiger partial charge in [0, 0.05) is 13.1 Å². The van der Waals surface area contributed by atoms with Crippen molar-refractivity contribution < 1.29 is 9.90 Å². The summed E-state index contributed by atoms with van der Waals surface area (Å²) in [7, 11) is 0. The van der Waals surface area contributed by atoms with Crippen LogP contribution in [0.2, 0.25) is 0 Å². The Kier molecular flexibility index (Phi) is 10.2. The van der Waals surface area contributed by atoms with Crippen molar-refractivity contribution in [3.8, 4) is 0 Å². The lowest BCUT2D eigenvalue weighted by molar-refractivity contribution is -0.122. The fourth-order valence-electron chi connectivity index (χ4n) is 1.58. The minimum Gasteiger partial charge on any atom is -0.392 e. The number of carbonyl (C=O) groups excluding carboxylic acids is 1. The molecular formula is C13H28N2O2. The van der Waals surface area contributed by atoms with Crippen LogP contribution in [0, 0.1) is 0 Å². The molecule has 0 fully saturated rings. The average molecular weight is 244 g/mol. The number of hydrogen-bond donors (Lipinski definition) is 3. The minimum atomic E-state index is -0.352. The first-order chi connectivity index (χ1) is 8.11. The van der Waals surface area contributed by atoms with Gasteiger partial charge in [0.15, 0.2) is 0 Å². The molecule has 0 aliphatic carbocycles. The molecule has 4 heteroatoms. The second kappa shape index (κ2) is 10.5. The Labute approximate surface area is 105 Å². The average Bonchev–Trinajstić information content (AvgIpc) is 2.31. The first-order valence-electron chi connectivity index (χ1n) is 6.80. The molecule has 0 saturated heterocycles. The highest BCUT2D eigenvalue weighted by Gasteiger charge is 2.12. The lowest BCUT2D eigenvalue weighted by atomic mass is 10.2. The molecule has 1 amide bonds. The van der Waals surface area contributed by atoms with Gasteiger partial charge in [-0.25, -0.2) is 0 Å². The van der Waals surface area contributed by atoms with Crippen LogP contribution in [-0.2, 0) is 4.79 Å². The van der Waals surface area contributed by atoms with Crippen molar-refractivity contribution >= 4 is 5.91 Å². The molecule has 0 radical (unpaired) electrons. The van der Waals surface area contributed by atoms with Crippen LogP contribution in [0.5, 0.6) is 0 Å². The van der Waals surface area contributed by atoms with Crippen LogP contribution in [0.15, 0.2) is 0 Å². The summed E-state index contributed by atoms with van der Waals surface area (Å²) < 4.78 is 0. The van der Waals surface area contributed by atoms with Gasteiger partial charge >= 0.3 is 0 Å². The first-order valence-corrected chi connectivity index (χ1v) is 6.80. The fourth-order valence-corrected chi connectivity index (χ4v) is 1.58. The molecule has 0 aromatic rings. The molecule has 3 N–H and O–H groups in total. The van der Waals surface area contributed by atoms with E-state index in [1.165, 1.54) is 0 Å². The molecule has 2 atom stereocenters. The van der Waals surface area contributed by atoms with Crippen LogP contribution < -0.4 is 10.6 Å². The number of aliphatic hydroxyl groups excluding tert-OH is 1. The second-order valence-electron chi connectivity index (χ2n) is 4.57. The summed E-state index contributed by atoms with van der Waals surface area (Å²) in [6, 6.07) is -0.233. The predicted molar refractivity (Wildman–Crippen MR) is 70.9 cm³/mol. The Bertz CT molecular complexity index is 198. The third kappa shape index (κ3) is 9.12. The molecule has 0 heterocycles. The maximum absolute atomic E-state index is 11.6. The highest BCUT2D eigenvalue weighted by molar-refractivity contribution is 5.81. The minimum absolute atomic E-state index is 0.0183. The van der Waals surface area contributed by atoms with E-state index in [1.54, 1.807) is 0 Å². The van der Waals surface area contributed by atoms with Gasteiger partial charge in [0.25, 0.3) is 0 Å². The topological polar surface area (TPSA) is 61.4 Å². The van der Waals surface area contributed by atoms with Crippen molar-refractivity contribution in [2.24, 2.45) is 0 Å². The van der Waals surface area contributed by atoms with Gasteiger partial charge in [0.05, 0.1) is 12.1 Å². The van der Waals surface area contributed by atoms with E-state index < -0.39 is 0 Å². The lowest BCUT2D eigenvalue weighted by Crippen LogP contribution is -2.45. The van der Waals surface area contributed by atoms with Gasteiger partial charge in [-0.15, -0.1) is 0 Å². The van der Waals surface area contributed by atoms with Gasteiger partial charge in [-0.1, -0.05) is 33.1 Å². The normalized spacial score (nSPS) is 14.4. The SMILES string of the molecule is CCCCCNC(=O)C(C)NCC(O)CCC. The summed E-state index contributed by atoms with van der Waals surface area (Å²) in [6.45, 7) is 7.23. The van der Waals surface area contributed by atoms with Crippen molar-refractivity contribution in [3.63, 3.8) is 0 Å². The van der Waals surface area contributed by atoms with Crippen molar-refractivity contribution in [2.75, 3.05) is 13.1 Å². The van der Waals surface area contributed by atoms with Gasteiger partial charge in [-0.05, 0) is 19.8 Å². The van der Waals surface area contributed by atoms with Crippen molar-refractivity contribution in [2.45, 2.75) is 65.0 Å². The number of aliphatic hydroxyl groups is 1. The first kappa shape index (κ1) is 16.4. The van der Waals surface area contributed by atoms with E-state index in [0.29, 0.717) is 6.54 Å². The number of nitrogens with one attached hydrogen (secondary N) is 2. The summed E-state index contributed by atoms with van der Waals surface area (Å²) in [5, 5.41) is 15.5. The number of unbranched alkanes of at least 4 members (excludes halogenated alkanes) is 2. The largest absolute Gasteiger partial charge is 0.392 e. The Morgan fingerprint density at radius 1 is 1.24 bits per heavy atom. The molecule has 0 aromatic heterocycles. The molecule has 102 valence electrons. The lowest BCUT2D eigenvalue weighted by Gasteiger charge is -2.16. The second-order valence-corrected chi connectivity index (χ2v) is 4.57. The molecule has 0 aromatic carbocycles. The van der Waals surface area contributed by atoms with Crippen LogP contribution in [0.4, 0.5) is 0 Å². The molecular weight excluding hydrogens is 216 g/mol. The summed E-state index contributed by atoms with van der Waals surface area (Å²) in [6.07, 6.45) is 4.73. The predicted octanol–water partition coefficient (Wildman–Crippen LogP) is 1.43. The Balaban J connectivity index is 3.59. The standard InChI is InChI=1S/C13H28N2O2/c1-4-6-7-9-14-13(17)11(3)15-10-12(16)8-5-2/h11-12,15-16H,4-10H2,1-3H3,(H,14,17). The number of carbonyl (C=O) groups is 1. The van der Waals surface area contributed by atoms with Gasteiger partial charge in [0.1, 0.15) is 0 Å². The third-order valence-electron chi connectivity index (χ3n) is 2.75. The third-order valence-corrected chi connectivity index (χ3v) is 2.75. The van der Waals surface area contributed by atoms with Crippen LogP contribution in [0.1, 0.15) is 52.9 Å². The molecule has 0 spiro atoms. The maximum atomic E-state index is 11.6. The number of rotatable bonds is 10. The molecule has 0 saturated carbocycles. The maximum Gasteiger partial charge on any atom is 0.236 e. The van der Waals surface area contributed by atoms with Gasteiger partial charge in [-0.2, -0.15) is 0 Å². The molecule has 4 nitrogen and oxygen atoms in total. The van der Waals surface area contributed by atoms with E-state index in [0.717, 1.165) is 38.6 Å². The number of amides is 1. The van der Waals surface area contributed by atoms with E-state index in [1.807, 2.05) is 13.8 Å². The van der Waals surface area contributed by atoms with E-state index in [-0.39, 0.29) is 18.1 Å². The number of hydrogen-bond acceptors (Lipinski definition) is 3. The van der Waals surface area contributed by atoms with Crippen molar-refractivity contribution in [1.82, 2.24) is 10.6 Å². The molecule has 2 unspecified atom stereocenters. The summed E-state index contributed by atoms with van der Waals surface area (Å²) >= 11 is 0. The van der Waals surface area contributed by atoms with Crippen molar-refractivity contribution in [1.29, 1.82) is 0 Å². The smallest absolute Gasteiger partial charge is 0.236 e. The highest BCUT2D eigenvalue weighted by atomic mass is 16.3. The van der Waals surface area contributed by atoms with Gasteiger partial charge in [0.2, 0.25) is 5.91 Å². The van der Waals surface area contributed by atoms with Crippen LogP contribution in [0.3, 0.4) is 0 Å². The van der Waals surface area contributed by atoms with Gasteiger partial charge < -0.3 is 15.7 Å².